The highest BCUT2D eigenvalue weighted by Crippen LogP contribution is 2.48. The molecule has 3 fully saturated rings. The molecule has 1 aromatic carbocycles. The van der Waals surface area contributed by atoms with Crippen LogP contribution in [0.2, 0.25) is 0 Å². The van der Waals surface area contributed by atoms with Gasteiger partial charge >= 0.3 is 0 Å². The molecular formula is C22H32N2O2. The summed E-state index contributed by atoms with van der Waals surface area (Å²) in [7, 11) is 0. The third kappa shape index (κ3) is 3.81. The van der Waals surface area contributed by atoms with E-state index in [2.05, 4.69) is 41.0 Å². The molecule has 0 radical (unpaired) electrons. The number of carbonyl (C=O) groups excluding carboxylic acids is 1. The van der Waals surface area contributed by atoms with Crippen molar-refractivity contribution in [3.8, 4) is 0 Å². The molecule has 3 aliphatic rings. The maximum absolute atomic E-state index is 13.2. The number of nitrogens with zero attached hydrogens (tertiary/aromatic N) is 2. The van der Waals surface area contributed by atoms with Crippen LogP contribution in [0.15, 0.2) is 30.3 Å². The number of carbonyl (C=O) groups is 1. The minimum atomic E-state index is 0.0560. The van der Waals surface area contributed by atoms with Gasteiger partial charge in [0.2, 0.25) is 5.91 Å². The molecule has 0 aromatic heterocycles. The summed E-state index contributed by atoms with van der Waals surface area (Å²) in [5.74, 6) is 0.434. The van der Waals surface area contributed by atoms with Crippen LogP contribution in [0.1, 0.15) is 50.5 Å². The number of piperidine rings is 2. The van der Waals surface area contributed by atoms with Crippen LogP contribution in [0.3, 0.4) is 0 Å². The first kappa shape index (κ1) is 18.0. The predicted molar refractivity (Wildman–Crippen MR) is 103 cm³/mol. The summed E-state index contributed by atoms with van der Waals surface area (Å²) in [5.41, 5.74) is 1.51. The van der Waals surface area contributed by atoms with Crippen LogP contribution in [0.5, 0.6) is 0 Å². The van der Waals surface area contributed by atoms with Crippen LogP contribution in [0.25, 0.3) is 0 Å². The Balaban J connectivity index is 1.47. The third-order valence-electron chi connectivity index (χ3n) is 6.59. The lowest BCUT2D eigenvalue weighted by Gasteiger charge is -2.50. The van der Waals surface area contributed by atoms with Crippen LogP contribution in [0, 0.1) is 5.41 Å². The van der Waals surface area contributed by atoms with Crippen LogP contribution in [-0.4, -0.2) is 61.1 Å². The Hall–Kier alpha value is -1.39. The van der Waals surface area contributed by atoms with Gasteiger partial charge in [-0.3, -0.25) is 4.79 Å². The Labute approximate surface area is 157 Å². The molecule has 0 bridgehead atoms. The highest BCUT2D eigenvalue weighted by atomic mass is 16.5. The van der Waals surface area contributed by atoms with Gasteiger partial charge in [0.05, 0.1) is 12.5 Å². The Kier molecular flexibility index (Phi) is 5.32. The lowest BCUT2D eigenvalue weighted by Crippen LogP contribution is -2.54. The molecular weight excluding hydrogens is 324 g/mol. The van der Waals surface area contributed by atoms with Gasteiger partial charge in [0, 0.05) is 25.7 Å². The van der Waals surface area contributed by atoms with E-state index in [1.54, 1.807) is 0 Å². The van der Waals surface area contributed by atoms with Gasteiger partial charge < -0.3 is 14.5 Å². The van der Waals surface area contributed by atoms with E-state index in [9.17, 15) is 4.79 Å². The molecule has 2 saturated heterocycles. The normalized spacial score (nSPS) is 26.4. The zero-order valence-corrected chi connectivity index (χ0v) is 16.0. The number of benzene rings is 1. The summed E-state index contributed by atoms with van der Waals surface area (Å²) in [4.78, 5) is 18.0. The van der Waals surface area contributed by atoms with E-state index >= 15 is 0 Å². The molecule has 4 rings (SSSR count). The van der Waals surface area contributed by atoms with Crippen molar-refractivity contribution in [3.63, 3.8) is 0 Å². The molecule has 0 unspecified atom stereocenters. The van der Waals surface area contributed by atoms with Crippen molar-refractivity contribution in [1.29, 1.82) is 0 Å². The maximum Gasteiger partial charge on any atom is 0.230 e. The molecule has 1 amide bonds. The average molecular weight is 357 g/mol. The summed E-state index contributed by atoms with van der Waals surface area (Å²) in [6, 6.07) is 11.0. The molecule has 2 aliphatic heterocycles. The van der Waals surface area contributed by atoms with E-state index in [0.717, 1.165) is 45.8 Å². The van der Waals surface area contributed by atoms with Crippen molar-refractivity contribution in [2.75, 3.05) is 39.4 Å². The quantitative estimate of drug-likeness (QED) is 0.733. The minimum absolute atomic E-state index is 0.0560. The molecule has 1 saturated carbocycles. The first-order chi connectivity index (χ1) is 12.7. The van der Waals surface area contributed by atoms with Crippen LogP contribution in [-0.2, 0) is 9.53 Å². The van der Waals surface area contributed by atoms with Crippen LogP contribution < -0.4 is 0 Å². The number of hydrogen-bond acceptors (Lipinski definition) is 3. The van der Waals surface area contributed by atoms with Crippen molar-refractivity contribution in [2.45, 2.75) is 51.0 Å². The summed E-state index contributed by atoms with van der Waals surface area (Å²) in [6.45, 7) is 8.00. The third-order valence-corrected chi connectivity index (χ3v) is 6.59. The van der Waals surface area contributed by atoms with Gasteiger partial charge in [-0.1, -0.05) is 30.3 Å². The fraction of sp³-hybridized carbons (Fsp3) is 0.682. The van der Waals surface area contributed by atoms with E-state index in [0.29, 0.717) is 17.4 Å². The van der Waals surface area contributed by atoms with Gasteiger partial charge in [0.1, 0.15) is 0 Å². The lowest BCUT2D eigenvalue weighted by atomic mass is 9.67. The first-order valence-electron chi connectivity index (χ1n) is 10.4. The number of rotatable bonds is 6. The van der Waals surface area contributed by atoms with E-state index in [4.69, 9.17) is 4.74 Å². The monoisotopic (exact) mass is 356 g/mol. The van der Waals surface area contributed by atoms with E-state index in [1.807, 2.05) is 6.07 Å². The summed E-state index contributed by atoms with van der Waals surface area (Å²) >= 11 is 0. The molecule has 26 heavy (non-hydrogen) atoms. The van der Waals surface area contributed by atoms with Gasteiger partial charge in [-0.05, 0) is 63.1 Å². The van der Waals surface area contributed by atoms with Crippen molar-refractivity contribution >= 4 is 5.91 Å². The molecule has 4 nitrogen and oxygen atoms in total. The smallest absolute Gasteiger partial charge is 0.230 e. The van der Waals surface area contributed by atoms with E-state index < -0.39 is 0 Å². The zero-order valence-electron chi connectivity index (χ0n) is 16.0. The zero-order chi connectivity index (χ0) is 18.0. The second kappa shape index (κ2) is 7.69. The van der Waals surface area contributed by atoms with Crippen LogP contribution >= 0.6 is 0 Å². The fourth-order valence-corrected chi connectivity index (χ4v) is 4.82. The van der Waals surface area contributed by atoms with Gasteiger partial charge in [0.25, 0.3) is 0 Å². The maximum atomic E-state index is 13.2. The fourth-order valence-electron chi connectivity index (χ4n) is 4.82. The molecule has 142 valence electrons. The number of amides is 1. The lowest BCUT2D eigenvalue weighted by molar-refractivity contribution is -0.142. The average Bonchev–Trinajstić information content (AvgIpc) is 3.51. The molecule has 1 spiro atoms. The second-order valence-corrected chi connectivity index (χ2v) is 8.40. The van der Waals surface area contributed by atoms with Crippen molar-refractivity contribution < 1.29 is 9.53 Å². The summed E-state index contributed by atoms with van der Waals surface area (Å²) in [6.07, 6.45) is 5.84. The standard InChI is InChI=1S/C22H32N2O2/c1-2-26-15-14-23-12-10-22(11-13-23)16-20(18-6-4-3-5-7-18)21(25)24(17-22)19-8-9-19/h3-7,19-20H,2,8-17H2,1H3/t20-/m1/s1. The van der Waals surface area contributed by atoms with Gasteiger partial charge in [-0.25, -0.2) is 0 Å². The Morgan fingerprint density at radius 3 is 2.54 bits per heavy atom. The van der Waals surface area contributed by atoms with Gasteiger partial charge in [0.15, 0.2) is 0 Å². The van der Waals surface area contributed by atoms with Crippen molar-refractivity contribution in [2.24, 2.45) is 5.41 Å². The Bertz CT molecular complexity index is 606. The number of hydrogen-bond donors (Lipinski definition) is 0. The van der Waals surface area contributed by atoms with E-state index in [-0.39, 0.29) is 5.92 Å². The Morgan fingerprint density at radius 1 is 1.15 bits per heavy atom. The molecule has 1 aromatic rings. The topological polar surface area (TPSA) is 32.8 Å². The largest absolute Gasteiger partial charge is 0.380 e. The van der Waals surface area contributed by atoms with Gasteiger partial charge in [-0.2, -0.15) is 0 Å². The van der Waals surface area contributed by atoms with Gasteiger partial charge in [-0.15, -0.1) is 0 Å². The Morgan fingerprint density at radius 2 is 1.88 bits per heavy atom. The SMILES string of the molecule is CCOCCN1CCC2(CC1)C[C@H](c1ccccc1)C(=O)N(C1CC1)C2. The molecule has 2 heterocycles. The van der Waals surface area contributed by atoms with Crippen molar-refractivity contribution in [1.82, 2.24) is 9.80 Å². The number of likely N-dealkylation sites (tertiary alicyclic amines) is 2. The van der Waals surface area contributed by atoms with E-state index in [1.165, 1.54) is 31.2 Å². The minimum Gasteiger partial charge on any atom is -0.380 e. The highest BCUT2D eigenvalue weighted by Gasteiger charge is 2.49. The first-order valence-corrected chi connectivity index (χ1v) is 10.4. The molecule has 0 N–H and O–H groups in total. The molecule has 1 atom stereocenters. The summed E-state index contributed by atoms with van der Waals surface area (Å²) < 4.78 is 5.52. The predicted octanol–water partition coefficient (Wildman–Crippen LogP) is 3.28. The summed E-state index contributed by atoms with van der Waals surface area (Å²) in [5, 5.41) is 0. The number of ether oxygens (including phenoxy) is 1. The molecule has 1 aliphatic carbocycles. The highest BCUT2D eigenvalue weighted by molar-refractivity contribution is 5.85. The van der Waals surface area contributed by atoms with Crippen LogP contribution in [0.4, 0.5) is 0 Å². The van der Waals surface area contributed by atoms with Crippen molar-refractivity contribution in [3.05, 3.63) is 35.9 Å². The molecule has 4 heteroatoms. The second-order valence-electron chi connectivity index (χ2n) is 8.40.